The molecule has 0 radical (unpaired) electrons. The predicted molar refractivity (Wildman–Crippen MR) is 48.6 cm³/mol. The van der Waals surface area contributed by atoms with E-state index in [0.717, 1.165) is 13.0 Å². The first-order valence-corrected chi connectivity index (χ1v) is 4.12. The molecule has 0 atom stereocenters. The van der Waals surface area contributed by atoms with Crippen molar-refractivity contribution in [1.29, 1.82) is 0 Å². The Morgan fingerprint density at radius 2 is 2.54 bits per heavy atom. The van der Waals surface area contributed by atoms with Gasteiger partial charge in [-0.25, -0.2) is 4.79 Å². The second-order valence-corrected chi connectivity index (χ2v) is 2.63. The molecule has 0 saturated carbocycles. The molecule has 1 N–H and O–H groups in total. The highest BCUT2D eigenvalue weighted by Gasteiger charge is 2.05. The average molecular weight is 180 g/mol. The molecule has 0 aromatic carbocycles. The van der Waals surface area contributed by atoms with Crippen LogP contribution < -0.4 is 0 Å². The number of hydrogen-bond donors (Lipinski definition) is 1. The van der Waals surface area contributed by atoms with Crippen LogP contribution in [0.25, 0.3) is 0 Å². The van der Waals surface area contributed by atoms with E-state index in [9.17, 15) is 4.79 Å². The molecular formula is C9H12N2O2. The third-order valence-corrected chi connectivity index (χ3v) is 1.62. The number of aryl methyl sites for hydroxylation is 1. The van der Waals surface area contributed by atoms with E-state index in [0.29, 0.717) is 0 Å². The molecule has 0 spiro atoms. The molecule has 0 aliphatic heterocycles. The van der Waals surface area contributed by atoms with Crippen LogP contribution in [0.3, 0.4) is 0 Å². The SMILES string of the molecule is C/C=C/CCn1ccc(C(=O)O)n1. The van der Waals surface area contributed by atoms with Gasteiger partial charge in [-0.3, -0.25) is 4.68 Å². The van der Waals surface area contributed by atoms with Gasteiger partial charge in [0.15, 0.2) is 5.69 Å². The first kappa shape index (κ1) is 9.51. The Hall–Kier alpha value is -1.58. The molecule has 1 aromatic rings. The number of allylic oxidation sites excluding steroid dienone is 2. The summed E-state index contributed by atoms with van der Waals surface area (Å²) in [6.07, 6.45) is 6.52. The van der Waals surface area contributed by atoms with Crippen molar-refractivity contribution in [2.75, 3.05) is 0 Å². The number of nitrogens with zero attached hydrogens (tertiary/aromatic N) is 2. The van der Waals surface area contributed by atoms with E-state index < -0.39 is 5.97 Å². The molecule has 13 heavy (non-hydrogen) atoms. The lowest BCUT2D eigenvalue weighted by Gasteiger charge is -1.95. The molecule has 0 bridgehead atoms. The van der Waals surface area contributed by atoms with Crippen molar-refractivity contribution in [3.63, 3.8) is 0 Å². The van der Waals surface area contributed by atoms with Crippen LogP contribution in [0.15, 0.2) is 24.4 Å². The van der Waals surface area contributed by atoms with Crippen LogP contribution in [0.4, 0.5) is 0 Å². The summed E-state index contributed by atoms with van der Waals surface area (Å²) in [5.41, 5.74) is 0.0977. The highest BCUT2D eigenvalue weighted by atomic mass is 16.4. The van der Waals surface area contributed by atoms with Crippen molar-refractivity contribution in [2.45, 2.75) is 19.9 Å². The molecule has 0 saturated heterocycles. The number of hydrogen-bond acceptors (Lipinski definition) is 2. The van der Waals surface area contributed by atoms with Crippen LogP contribution in [0, 0.1) is 0 Å². The predicted octanol–water partition coefficient (Wildman–Crippen LogP) is 1.55. The summed E-state index contributed by atoms with van der Waals surface area (Å²) in [5.74, 6) is -0.982. The Labute approximate surface area is 76.5 Å². The van der Waals surface area contributed by atoms with E-state index in [1.54, 1.807) is 10.9 Å². The van der Waals surface area contributed by atoms with Crippen LogP contribution in [-0.2, 0) is 6.54 Å². The largest absolute Gasteiger partial charge is 0.476 e. The third-order valence-electron chi connectivity index (χ3n) is 1.62. The Morgan fingerprint density at radius 3 is 3.08 bits per heavy atom. The summed E-state index contributed by atoms with van der Waals surface area (Å²) < 4.78 is 1.63. The Bertz CT molecular complexity index is 315. The third kappa shape index (κ3) is 2.74. The normalized spacial score (nSPS) is 10.8. The summed E-state index contributed by atoms with van der Waals surface area (Å²) in [5, 5.41) is 12.4. The Morgan fingerprint density at radius 1 is 1.77 bits per heavy atom. The zero-order chi connectivity index (χ0) is 9.68. The van der Waals surface area contributed by atoms with Crippen molar-refractivity contribution in [2.24, 2.45) is 0 Å². The van der Waals surface area contributed by atoms with Crippen LogP contribution in [0.5, 0.6) is 0 Å². The van der Waals surface area contributed by atoms with Gasteiger partial charge in [0.05, 0.1) is 0 Å². The molecule has 1 heterocycles. The number of carboxylic acid groups (broad SMARTS) is 1. The van der Waals surface area contributed by atoms with Gasteiger partial charge in [0.1, 0.15) is 0 Å². The minimum atomic E-state index is -0.982. The van der Waals surface area contributed by atoms with Crippen molar-refractivity contribution in [3.8, 4) is 0 Å². The lowest BCUT2D eigenvalue weighted by molar-refractivity contribution is 0.0689. The maximum absolute atomic E-state index is 10.5. The van der Waals surface area contributed by atoms with E-state index in [2.05, 4.69) is 5.10 Å². The molecule has 4 heteroatoms. The fraction of sp³-hybridized carbons (Fsp3) is 0.333. The number of carboxylic acids is 1. The molecule has 70 valence electrons. The van der Waals surface area contributed by atoms with Crippen molar-refractivity contribution in [1.82, 2.24) is 9.78 Å². The first-order chi connectivity index (χ1) is 6.24. The molecule has 0 unspecified atom stereocenters. The molecule has 4 nitrogen and oxygen atoms in total. The summed E-state index contributed by atoms with van der Waals surface area (Å²) in [7, 11) is 0. The van der Waals surface area contributed by atoms with Crippen molar-refractivity contribution in [3.05, 3.63) is 30.1 Å². The van der Waals surface area contributed by atoms with E-state index in [1.807, 2.05) is 19.1 Å². The highest BCUT2D eigenvalue weighted by molar-refractivity contribution is 5.84. The molecule has 1 rings (SSSR count). The van der Waals surface area contributed by atoms with E-state index in [1.165, 1.54) is 6.07 Å². The molecule has 0 amide bonds. The smallest absolute Gasteiger partial charge is 0.356 e. The van der Waals surface area contributed by atoms with Gasteiger partial charge in [-0.15, -0.1) is 0 Å². The van der Waals surface area contributed by atoms with Crippen molar-refractivity contribution < 1.29 is 9.90 Å². The standard InChI is InChI=1S/C9H12N2O2/c1-2-3-4-6-11-7-5-8(10-11)9(12)13/h2-3,5,7H,4,6H2,1H3,(H,12,13)/b3-2+. The molecule has 0 fully saturated rings. The van der Waals surface area contributed by atoms with Crippen molar-refractivity contribution >= 4 is 5.97 Å². The van der Waals surface area contributed by atoms with Gasteiger partial charge < -0.3 is 5.11 Å². The first-order valence-electron chi connectivity index (χ1n) is 4.12. The fourth-order valence-corrected chi connectivity index (χ4v) is 0.974. The van der Waals surface area contributed by atoms with Gasteiger partial charge in [-0.2, -0.15) is 5.10 Å². The highest BCUT2D eigenvalue weighted by Crippen LogP contribution is 1.97. The van der Waals surface area contributed by atoms with Crippen LogP contribution in [0.1, 0.15) is 23.8 Å². The minimum Gasteiger partial charge on any atom is -0.476 e. The van der Waals surface area contributed by atoms with E-state index in [-0.39, 0.29) is 5.69 Å². The lowest BCUT2D eigenvalue weighted by atomic mass is 10.4. The number of rotatable bonds is 4. The zero-order valence-corrected chi connectivity index (χ0v) is 7.47. The molecule has 0 aliphatic rings. The second kappa shape index (κ2) is 4.45. The topological polar surface area (TPSA) is 55.1 Å². The molecule has 0 aliphatic carbocycles. The Kier molecular flexibility index (Phi) is 3.25. The summed E-state index contributed by atoms with van der Waals surface area (Å²) >= 11 is 0. The molecule has 1 aromatic heterocycles. The number of aromatic nitrogens is 2. The minimum absolute atomic E-state index is 0.0977. The molecular weight excluding hydrogens is 168 g/mol. The zero-order valence-electron chi connectivity index (χ0n) is 7.47. The van der Waals surface area contributed by atoms with Crippen LogP contribution in [-0.4, -0.2) is 20.9 Å². The van der Waals surface area contributed by atoms with Gasteiger partial charge in [-0.1, -0.05) is 12.2 Å². The van der Waals surface area contributed by atoms with Gasteiger partial charge in [0.2, 0.25) is 0 Å². The van der Waals surface area contributed by atoms with Gasteiger partial charge in [0.25, 0.3) is 0 Å². The summed E-state index contributed by atoms with van der Waals surface area (Å²) in [6.45, 7) is 2.67. The summed E-state index contributed by atoms with van der Waals surface area (Å²) in [6, 6.07) is 1.50. The quantitative estimate of drug-likeness (QED) is 0.715. The van der Waals surface area contributed by atoms with E-state index >= 15 is 0 Å². The van der Waals surface area contributed by atoms with Gasteiger partial charge >= 0.3 is 5.97 Å². The average Bonchev–Trinajstić information content (AvgIpc) is 2.53. The van der Waals surface area contributed by atoms with Gasteiger partial charge in [0, 0.05) is 12.7 Å². The Balaban J connectivity index is 2.54. The monoisotopic (exact) mass is 180 g/mol. The maximum atomic E-state index is 10.5. The number of carbonyl (C=O) groups is 1. The van der Waals surface area contributed by atoms with Gasteiger partial charge in [-0.05, 0) is 19.4 Å². The number of aromatic carboxylic acids is 1. The van der Waals surface area contributed by atoms with Crippen LogP contribution >= 0.6 is 0 Å². The van der Waals surface area contributed by atoms with E-state index in [4.69, 9.17) is 5.11 Å². The fourth-order valence-electron chi connectivity index (χ4n) is 0.974. The summed E-state index contributed by atoms with van der Waals surface area (Å²) in [4.78, 5) is 10.5. The lowest BCUT2D eigenvalue weighted by Crippen LogP contribution is -2.02. The maximum Gasteiger partial charge on any atom is 0.356 e. The second-order valence-electron chi connectivity index (χ2n) is 2.63. The van der Waals surface area contributed by atoms with Crippen LogP contribution in [0.2, 0.25) is 0 Å².